The molecule has 1 heterocycles. The molecule has 30 heavy (non-hydrogen) atoms. The van der Waals surface area contributed by atoms with Crippen LogP contribution in [0.5, 0.6) is 0 Å². The molecule has 8 nitrogen and oxygen atoms in total. The van der Waals surface area contributed by atoms with Crippen molar-refractivity contribution in [3.63, 3.8) is 0 Å². The zero-order chi connectivity index (χ0) is 22.3. The number of rotatable bonds is 8. The van der Waals surface area contributed by atoms with Gasteiger partial charge in [-0.2, -0.15) is 10.5 Å². The van der Waals surface area contributed by atoms with Crippen molar-refractivity contribution in [2.45, 2.75) is 46.1 Å². The van der Waals surface area contributed by atoms with Gasteiger partial charge in [-0.25, -0.2) is 0 Å². The van der Waals surface area contributed by atoms with E-state index in [1.54, 1.807) is 12.4 Å². The summed E-state index contributed by atoms with van der Waals surface area (Å²) in [5.41, 5.74) is 0.524. The van der Waals surface area contributed by atoms with Gasteiger partial charge in [0.05, 0.1) is 10.5 Å². The summed E-state index contributed by atoms with van der Waals surface area (Å²) < 4.78 is 1.34. The van der Waals surface area contributed by atoms with E-state index in [0.29, 0.717) is 24.1 Å². The maximum atomic E-state index is 13.1. The number of pyridine rings is 1. The van der Waals surface area contributed by atoms with E-state index in [4.69, 9.17) is 0 Å². The van der Waals surface area contributed by atoms with E-state index in [9.17, 15) is 25.4 Å². The Bertz CT molecular complexity index is 1100. The fourth-order valence-electron chi connectivity index (χ4n) is 3.04. The molecule has 1 aromatic heterocycles. The van der Waals surface area contributed by atoms with Crippen molar-refractivity contribution in [2.75, 3.05) is 0 Å². The molecule has 0 aliphatic heterocycles. The van der Waals surface area contributed by atoms with Gasteiger partial charge < -0.3 is 5.32 Å². The summed E-state index contributed by atoms with van der Waals surface area (Å²) >= 11 is 0. The average molecular weight is 405 g/mol. The standard InChI is InChI=1S/C22H23N5O3/c1-4-6-20-18(13-23)21(16-7-9-17(10-8-16)27(29)30)19(14-24)22(28)26(20)12-11-25-15(3)5-2/h7-12,15,25H,4-6H2,1-3H3/b12-11-. The monoisotopic (exact) mass is 405 g/mol. The first-order valence-corrected chi connectivity index (χ1v) is 9.68. The molecular weight excluding hydrogens is 382 g/mol. The van der Waals surface area contributed by atoms with Crippen molar-refractivity contribution in [3.05, 3.63) is 67.8 Å². The van der Waals surface area contributed by atoms with Crippen LogP contribution >= 0.6 is 0 Å². The minimum atomic E-state index is -0.532. The van der Waals surface area contributed by atoms with Gasteiger partial charge in [-0.1, -0.05) is 20.3 Å². The average Bonchev–Trinajstić information content (AvgIpc) is 2.75. The predicted molar refractivity (Wildman–Crippen MR) is 114 cm³/mol. The Kier molecular flexibility index (Phi) is 7.49. The lowest BCUT2D eigenvalue weighted by Gasteiger charge is -2.16. The highest BCUT2D eigenvalue weighted by molar-refractivity contribution is 5.78. The smallest absolute Gasteiger partial charge is 0.273 e. The summed E-state index contributed by atoms with van der Waals surface area (Å²) in [4.78, 5) is 23.5. The number of non-ortho nitro benzene ring substituents is 1. The summed E-state index contributed by atoms with van der Waals surface area (Å²) in [6.45, 7) is 5.96. The van der Waals surface area contributed by atoms with Crippen LogP contribution in [0.2, 0.25) is 0 Å². The van der Waals surface area contributed by atoms with E-state index < -0.39 is 10.5 Å². The lowest BCUT2D eigenvalue weighted by molar-refractivity contribution is -0.384. The van der Waals surface area contributed by atoms with Crippen LogP contribution in [0.4, 0.5) is 5.69 Å². The Hall–Kier alpha value is -3.91. The van der Waals surface area contributed by atoms with E-state index in [-0.39, 0.29) is 28.4 Å². The van der Waals surface area contributed by atoms with Crippen molar-refractivity contribution in [1.82, 2.24) is 9.88 Å². The number of aromatic nitrogens is 1. The van der Waals surface area contributed by atoms with Gasteiger partial charge in [0.15, 0.2) is 0 Å². The number of nitrogens with zero attached hydrogens (tertiary/aromatic N) is 4. The van der Waals surface area contributed by atoms with Crippen molar-refractivity contribution < 1.29 is 4.92 Å². The molecule has 0 spiro atoms. The van der Waals surface area contributed by atoms with Gasteiger partial charge >= 0.3 is 0 Å². The number of nitriles is 2. The normalized spacial score (nSPS) is 11.6. The summed E-state index contributed by atoms with van der Waals surface area (Å²) in [7, 11) is 0. The topological polar surface area (TPSA) is 125 Å². The number of nitro benzene ring substituents is 1. The first kappa shape index (κ1) is 22.4. The summed E-state index contributed by atoms with van der Waals surface area (Å²) in [5, 5.41) is 33.7. The highest BCUT2D eigenvalue weighted by Crippen LogP contribution is 2.30. The Morgan fingerprint density at radius 3 is 2.33 bits per heavy atom. The summed E-state index contributed by atoms with van der Waals surface area (Å²) in [6.07, 6.45) is 5.22. The van der Waals surface area contributed by atoms with Crippen molar-refractivity contribution in [3.8, 4) is 23.3 Å². The second-order valence-electron chi connectivity index (χ2n) is 6.82. The summed E-state index contributed by atoms with van der Waals surface area (Å²) in [5.74, 6) is 0. The molecule has 0 amide bonds. The van der Waals surface area contributed by atoms with Crippen LogP contribution in [0.15, 0.2) is 35.3 Å². The first-order chi connectivity index (χ1) is 14.4. The molecule has 0 aliphatic carbocycles. The molecule has 154 valence electrons. The Balaban J connectivity index is 2.78. The molecule has 8 heteroatoms. The second kappa shape index (κ2) is 10.0. The number of nitrogens with one attached hydrogen (secondary N) is 1. The van der Waals surface area contributed by atoms with Crippen LogP contribution in [-0.4, -0.2) is 15.5 Å². The SMILES string of the molecule is CCCc1c(C#N)c(-c2ccc([N+](=O)[O-])cc2)c(C#N)c(=O)n1/C=C\NC(C)CC. The maximum absolute atomic E-state index is 13.1. The number of nitro groups is 1. The fourth-order valence-corrected chi connectivity index (χ4v) is 3.04. The molecule has 0 saturated carbocycles. The number of hydrogen-bond acceptors (Lipinski definition) is 6. The number of hydrogen-bond donors (Lipinski definition) is 1. The molecule has 0 fully saturated rings. The Morgan fingerprint density at radius 1 is 1.20 bits per heavy atom. The van der Waals surface area contributed by atoms with E-state index in [0.717, 1.165) is 6.42 Å². The minimum absolute atomic E-state index is 0.114. The quantitative estimate of drug-likeness (QED) is 0.524. The van der Waals surface area contributed by atoms with E-state index in [1.807, 2.05) is 26.8 Å². The van der Waals surface area contributed by atoms with Crippen LogP contribution in [0.25, 0.3) is 17.3 Å². The summed E-state index contributed by atoms with van der Waals surface area (Å²) in [6, 6.07) is 9.75. The Morgan fingerprint density at radius 2 is 1.83 bits per heavy atom. The molecular formula is C22H23N5O3. The zero-order valence-corrected chi connectivity index (χ0v) is 17.2. The molecule has 0 radical (unpaired) electrons. The van der Waals surface area contributed by atoms with Crippen LogP contribution in [0.3, 0.4) is 0 Å². The molecule has 1 N–H and O–H groups in total. The largest absolute Gasteiger partial charge is 0.387 e. The van der Waals surface area contributed by atoms with Gasteiger partial charge in [0.25, 0.3) is 11.2 Å². The third-order valence-electron chi connectivity index (χ3n) is 4.81. The van der Waals surface area contributed by atoms with Crippen LogP contribution in [-0.2, 0) is 6.42 Å². The molecule has 1 unspecified atom stereocenters. The maximum Gasteiger partial charge on any atom is 0.273 e. The lowest BCUT2D eigenvalue weighted by Crippen LogP contribution is -2.26. The third-order valence-corrected chi connectivity index (χ3v) is 4.81. The van der Waals surface area contributed by atoms with E-state index in [1.165, 1.54) is 28.8 Å². The van der Waals surface area contributed by atoms with Crippen LogP contribution in [0.1, 0.15) is 50.4 Å². The molecule has 1 aromatic carbocycles. The fraction of sp³-hybridized carbons (Fsp3) is 0.318. The van der Waals surface area contributed by atoms with Crippen molar-refractivity contribution >= 4 is 11.9 Å². The van der Waals surface area contributed by atoms with Gasteiger partial charge in [-0.05, 0) is 37.5 Å². The predicted octanol–water partition coefficient (Wildman–Crippen LogP) is 3.94. The van der Waals surface area contributed by atoms with E-state index >= 15 is 0 Å². The van der Waals surface area contributed by atoms with Gasteiger partial charge in [0.1, 0.15) is 17.7 Å². The minimum Gasteiger partial charge on any atom is -0.387 e. The molecule has 2 aromatic rings. The van der Waals surface area contributed by atoms with Gasteiger partial charge in [0, 0.05) is 41.8 Å². The molecule has 0 bridgehead atoms. The lowest BCUT2D eigenvalue weighted by atomic mass is 9.93. The number of benzene rings is 1. The van der Waals surface area contributed by atoms with Crippen LogP contribution < -0.4 is 10.9 Å². The highest BCUT2D eigenvalue weighted by Gasteiger charge is 2.22. The third kappa shape index (κ3) is 4.56. The van der Waals surface area contributed by atoms with Gasteiger partial charge in [-0.3, -0.25) is 19.5 Å². The van der Waals surface area contributed by atoms with E-state index in [2.05, 4.69) is 11.4 Å². The van der Waals surface area contributed by atoms with Gasteiger partial charge in [0.2, 0.25) is 0 Å². The second-order valence-corrected chi connectivity index (χ2v) is 6.82. The Labute approximate surface area is 174 Å². The molecule has 0 aliphatic rings. The highest BCUT2D eigenvalue weighted by atomic mass is 16.6. The molecule has 1 atom stereocenters. The molecule has 0 saturated heterocycles. The first-order valence-electron chi connectivity index (χ1n) is 9.68. The van der Waals surface area contributed by atoms with Crippen molar-refractivity contribution in [2.24, 2.45) is 0 Å². The van der Waals surface area contributed by atoms with Gasteiger partial charge in [-0.15, -0.1) is 0 Å². The molecule has 2 rings (SSSR count). The van der Waals surface area contributed by atoms with Crippen molar-refractivity contribution in [1.29, 1.82) is 10.5 Å². The zero-order valence-electron chi connectivity index (χ0n) is 17.2. The van der Waals surface area contributed by atoms with Crippen LogP contribution in [0, 0.1) is 32.8 Å².